The molecule has 3 aromatic rings. The van der Waals surface area contributed by atoms with Gasteiger partial charge in [-0.05, 0) is 43.2 Å². The molecule has 6 nitrogen and oxygen atoms in total. The Morgan fingerprint density at radius 1 is 1.13 bits per heavy atom. The zero-order valence-electron chi connectivity index (χ0n) is 16.8. The molecule has 2 heterocycles. The van der Waals surface area contributed by atoms with Crippen LogP contribution in [0.2, 0.25) is 5.02 Å². The number of hydrogen-bond acceptors (Lipinski definition) is 4. The predicted octanol–water partition coefficient (Wildman–Crippen LogP) is 4.60. The number of nitrogens with zero attached hydrogens (tertiary/aromatic N) is 3. The molecule has 156 valence electrons. The van der Waals surface area contributed by atoms with Crippen molar-refractivity contribution >= 4 is 17.5 Å². The molecule has 2 aromatic carbocycles. The van der Waals surface area contributed by atoms with Crippen molar-refractivity contribution in [2.45, 2.75) is 25.5 Å². The molecule has 1 amide bonds. The van der Waals surface area contributed by atoms with E-state index in [1.165, 1.54) is 0 Å². The number of halogens is 1. The third kappa shape index (κ3) is 4.44. The molecule has 1 aromatic heterocycles. The van der Waals surface area contributed by atoms with Crippen molar-refractivity contribution < 1.29 is 14.3 Å². The molecule has 30 heavy (non-hydrogen) atoms. The first-order chi connectivity index (χ1) is 14.7. The summed E-state index contributed by atoms with van der Waals surface area (Å²) in [5.41, 5.74) is 1.48. The van der Waals surface area contributed by atoms with Crippen LogP contribution >= 0.6 is 11.6 Å². The number of benzene rings is 2. The Hall–Kier alpha value is -2.99. The summed E-state index contributed by atoms with van der Waals surface area (Å²) in [6.07, 6.45) is 5.56. The normalized spacial score (nSPS) is 14.5. The lowest BCUT2D eigenvalue weighted by Gasteiger charge is -2.32. The van der Waals surface area contributed by atoms with Crippen molar-refractivity contribution in [2.75, 3.05) is 20.2 Å². The average Bonchev–Trinajstić information content (AvgIpc) is 3.33. The smallest absolute Gasteiger partial charge is 0.253 e. The number of hydrogen-bond donors (Lipinski definition) is 0. The highest BCUT2D eigenvalue weighted by atomic mass is 35.5. The van der Waals surface area contributed by atoms with Crippen LogP contribution in [-0.4, -0.2) is 40.8 Å². The van der Waals surface area contributed by atoms with Gasteiger partial charge in [0.1, 0.15) is 6.61 Å². The largest absolute Gasteiger partial charge is 0.493 e. The van der Waals surface area contributed by atoms with Gasteiger partial charge in [-0.15, -0.1) is 0 Å². The number of piperidine rings is 1. The van der Waals surface area contributed by atoms with E-state index in [4.69, 9.17) is 21.1 Å². The second-order valence-electron chi connectivity index (χ2n) is 7.26. The molecule has 0 bridgehead atoms. The molecular weight excluding hydrogens is 402 g/mol. The zero-order valence-corrected chi connectivity index (χ0v) is 17.6. The van der Waals surface area contributed by atoms with E-state index in [2.05, 4.69) is 5.10 Å². The number of rotatable bonds is 6. The van der Waals surface area contributed by atoms with E-state index in [0.717, 1.165) is 18.4 Å². The van der Waals surface area contributed by atoms with Crippen LogP contribution in [0.4, 0.5) is 0 Å². The van der Waals surface area contributed by atoms with Crippen LogP contribution in [0.25, 0.3) is 0 Å². The number of carbonyl (C=O) groups excluding carboxylic acids is 1. The topological polar surface area (TPSA) is 56.6 Å². The molecule has 4 rings (SSSR count). The Bertz CT molecular complexity index is 999. The van der Waals surface area contributed by atoms with Crippen molar-refractivity contribution in [2.24, 2.45) is 0 Å². The van der Waals surface area contributed by atoms with Gasteiger partial charge in [-0.2, -0.15) is 5.10 Å². The molecule has 1 aliphatic heterocycles. The number of likely N-dealkylation sites (tertiary alicyclic amines) is 1. The molecule has 0 spiro atoms. The summed E-state index contributed by atoms with van der Waals surface area (Å²) in [5.74, 6) is 1.11. The maximum Gasteiger partial charge on any atom is 0.253 e. The minimum atomic E-state index is 0.00451. The first-order valence-electron chi connectivity index (χ1n) is 9.98. The van der Waals surface area contributed by atoms with Crippen molar-refractivity contribution in [3.8, 4) is 11.5 Å². The summed E-state index contributed by atoms with van der Waals surface area (Å²) in [4.78, 5) is 14.9. The molecular formula is C23H24ClN3O3. The summed E-state index contributed by atoms with van der Waals surface area (Å²) in [7, 11) is 1.57. The summed E-state index contributed by atoms with van der Waals surface area (Å²) in [6.45, 7) is 1.73. The van der Waals surface area contributed by atoms with Gasteiger partial charge in [0, 0.05) is 41.6 Å². The highest BCUT2D eigenvalue weighted by Gasteiger charge is 2.25. The van der Waals surface area contributed by atoms with E-state index in [1.807, 2.05) is 46.1 Å². The summed E-state index contributed by atoms with van der Waals surface area (Å²) in [5, 5.41) is 4.97. The number of ether oxygens (including phenoxy) is 2. The van der Waals surface area contributed by atoms with Crippen molar-refractivity contribution in [1.29, 1.82) is 0 Å². The fraction of sp³-hybridized carbons (Fsp3) is 0.304. The molecule has 1 saturated heterocycles. The van der Waals surface area contributed by atoms with Gasteiger partial charge in [0.2, 0.25) is 0 Å². The SMILES string of the molecule is COc1cc(C(=O)N2CCC(n3cccn3)CC2)ccc1OCc1ccccc1Cl. The van der Waals surface area contributed by atoms with Gasteiger partial charge in [-0.1, -0.05) is 29.8 Å². The standard InChI is InChI=1S/C23H24ClN3O3/c1-29-22-15-17(7-8-21(22)30-16-18-5-2-3-6-20(18)24)23(28)26-13-9-19(10-14-26)27-12-4-11-25-27/h2-8,11-12,15,19H,9-10,13-14,16H2,1H3. The lowest BCUT2D eigenvalue weighted by atomic mass is 10.0. The van der Waals surface area contributed by atoms with E-state index in [-0.39, 0.29) is 5.91 Å². The van der Waals surface area contributed by atoms with Crippen LogP contribution in [0.5, 0.6) is 11.5 Å². The average molecular weight is 426 g/mol. The van der Waals surface area contributed by atoms with E-state index >= 15 is 0 Å². The highest BCUT2D eigenvalue weighted by molar-refractivity contribution is 6.31. The third-order valence-electron chi connectivity index (χ3n) is 5.40. The van der Waals surface area contributed by atoms with Crippen LogP contribution < -0.4 is 9.47 Å². The number of methoxy groups -OCH3 is 1. The maximum absolute atomic E-state index is 13.0. The molecule has 0 unspecified atom stereocenters. The zero-order chi connectivity index (χ0) is 20.9. The molecule has 1 aliphatic rings. The van der Waals surface area contributed by atoms with E-state index < -0.39 is 0 Å². The Balaban J connectivity index is 1.41. The Labute approximate surface area is 181 Å². The van der Waals surface area contributed by atoms with Crippen molar-refractivity contribution in [3.63, 3.8) is 0 Å². The van der Waals surface area contributed by atoms with Gasteiger partial charge >= 0.3 is 0 Å². The fourth-order valence-electron chi connectivity index (χ4n) is 3.70. The van der Waals surface area contributed by atoms with E-state index in [1.54, 1.807) is 31.5 Å². The predicted molar refractivity (Wildman–Crippen MR) is 115 cm³/mol. The third-order valence-corrected chi connectivity index (χ3v) is 5.77. The monoisotopic (exact) mass is 425 g/mol. The Morgan fingerprint density at radius 3 is 2.63 bits per heavy atom. The lowest BCUT2D eigenvalue weighted by molar-refractivity contribution is 0.0689. The van der Waals surface area contributed by atoms with Gasteiger partial charge in [0.25, 0.3) is 5.91 Å². The second kappa shape index (κ2) is 9.22. The highest BCUT2D eigenvalue weighted by Crippen LogP contribution is 2.31. The molecule has 1 fully saturated rings. The van der Waals surface area contributed by atoms with Crippen LogP contribution in [0.15, 0.2) is 60.9 Å². The Morgan fingerprint density at radius 2 is 1.93 bits per heavy atom. The molecule has 0 aliphatic carbocycles. The van der Waals surface area contributed by atoms with Crippen molar-refractivity contribution in [3.05, 3.63) is 77.1 Å². The van der Waals surface area contributed by atoms with Gasteiger partial charge in [0.05, 0.1) is 13.2 Å². The minimum absolute atomic E-state index is 0.00451. The summed E-state index contributed by atoms with van der Waals surface area (Å²) >= 11 is 6.19. The Kier molecular flexibility index (Phi) is 6.23. The minimum Gasteiger partial charge on any atom is -0.493 e. The molecule has 0 atom stereocenters. The van der Waals surface area contributed by atoms with Crippen molar-refractivity contribution in [1.82, 2.24) is 14.7 Å². The molecule has 0 radical (unpaired) electrons. The summed E-state index contributed by atoms with van der Waals surface area (Å²) in [6, 6.07) is 15.1. The van der Waals surface area contributed by atoms with E-state index in [9.17, 15) is 4.79 Å². The van der Waals surface area contributed by atoms with Crippen LogP contribution in [0, 0.1) is 0 Å². The molecule has 7 heteroatoms. The van der Waals surface area contributed by atoms with Gasteiger partial charge in [0.15, 0.2) is 11.5 Å². The number of carbonyl (C=O) groups is 1. The van der Waals surface area contributed by atoms with Crippen LogP contribution in [0.3, 0.4) is 0 Å². The van der Waals surface area contributed by atoms with Gasteiger partial charge in [-0.3, -0.25) is 9.48 Å². The lowest BCUT2D eigenvalue weighted by Crippen LogP contribution is -2.39. The van der Waals surface area contributed by atoms with Crippen LogP contribution in [0.1, 0.15) is 34.8 Å². The van der Waals surface area contributed by atoms with Gasteiger partial charge in [-0.25, -0.2) is 0 Å². The fourth-order valence-corrected chi connectivity index (χ4v) is 3.89. The van der Waals surface area contributed by atoms with Crippen LogP contribution in [-0.2, 0) is 6.61 Å². The first kappa shape index (κ1) is 20.3. The van der Waals surface area contributed by atoms with Gasteiger partial charge < -0.3 is 14.4 Å². The summed E-state index contributed by atoms with van der Waals surface area (Å²) < 4.78 is 13.3. The molecule has 0 N–H and O–H groups in total. The molecule has 0 saturated carbocycles. The second-order valence-corrected chi connectivity index (χ2v) is 7.66. The first-order valence-corrected chi connectivity index (χ1v) is 10.4. The maximum atomic E-state index is 13.0. The quantitative estimate of drug-likeness (QED) is 0.579. The number of amides is 1. The van der Waals surface area contributed by atoms with E-state index in [0.29, 0.717) is 47.8 Å². The number of aromatic nitrogens is 2.